The van der Waals surface area contributed by atoms with Crippen LogP contribution in [0.5, 0.6) is 0 Å². The Bertz CT molecular complexity index is 475. The third kappa shape index (κ3) is 4.03. The van der Waals surface area contributed by atoms with Crippen LogP contribution >= 0.6 is 11.8 Å². The highest BCUT2D eigenvalue weighted by atomic mass is 32.2. The maximum Gasteiger partial charge on any atom is 0.223 e. The number of thioether (sulfide) groups is 1. The Morgan fingerprint density at radius 2 is 1.95 bits per heavy atom. The Morgan fingerprint density at radius 3 is 2.52 bits per heavy atom. The molecule has 2 nitrogen and oxygen atoms in total. The van der Waals surface area contributed by atoms with Crippen molar-refractivity contribution >= 4 is 17.7 Å². The van der Waals surface area contributed by atoms with Crippen molar-refractivity contribution in [2.75, 3.05) is 12.3 Å². The Kier molecular flexibility index (Phi) is 5.37. The van der Waals surface area contributed by atoms with E-state index in [-0.39, 0.29) is 10.8 Å². The van der Waals surface area contributed by atoms with E-state index in [0.717, 1.165) is 25.1 Å². The second kappa shape index (κ2) is 6.87. The minimum Gasteiger partial charge on any atom is -0.326 e. The van der Waals surface area contributed by atoms with Gasteiger partial charge in [-0.25, -0.2) is 0 Å². The van der Waals surface area contributed by atoms with Crippen molar-refractivity contribution in [1.29, 1.82) is 0 Å². The van der Waals surface area contributed by atoms with Crippen LogP contribution in [0.2, 0.25) is 0 Å². The van der Waals surface area contributed by atoms with Crippen LogP contribution < -0.4 is 0 Å². The van der Waals surface area contributed by atoms with E-state index in [9.17, 15) is 4.79 Å². The molecule has 0 aliphatic carbocycles. The second-order valence-corrected chi connectivity index (χ2v) is 7.97. The van der Waals surface area contributed by atoms with Crippen LogP contribution in [0.15, 0.2) is 24.3 Å². The molecule has 1 fully saturated rings. The molecule has 0 saturated carbocycles. The predicted octanol–water partition coefficient (Wildman–Crippen LogP) is 4.75. The van der Waals surface area contributed by atoms with Gasteiger partial charge in [0.1, 0.15) is 5.37 Å². The minimum atomic E-state index is 0.179. The molecular weight excluding hydrogens is 278 g/mol. The number of unbranched alkanes of at least 4 members (excludes halogenated alkanes) is 1. The third-order valence-corrected chi connectivity index (χ3v) is 5.28. The molecule has 3 heteroatoms. The zero-order valence-corrected chi connectivity index (χ0v) is 14.5. The van der Waals surface area contributed by atoms with E-state index in [4.69, 9.17) is 0 Å². The van der Waals surface area contributed by atoms with Gasteiger partial charge in [0.05, 0.1) is 0 Å². The van der Waals surface area contributed by atoms with Crippen molar-refractivity contribution in [2.24, 2.45) is 0 Å². The summed E-state index contributed by atoms with van der Waals surface area (Å²) in [6, 6.07) is 8.82. The van der Waals surface area contributed by atoms with Crippen molar-refractivity contribution in [3.63, 3.8) is 0 Å². The fourth-order valence-corrected chi connectivity index (χ4v) is 3.90. The molecule has 1 unspecified atom stereocenters. The monoisotopic (exact) mass is 305 g/mol. The molecule has 0 spiro atoms. The van der Waals surface area contributed by atoms with Gasteiger partial charge in [0.15, 0.2) is 0 Å². The lowest BCUT2D eigenvalue weighted by molar-refractivity contribution is -0.131. The summed E-state index contributed by atoms with van der Waals surface area (Å²) in [6.07, 6.45) is 2.76. The Labute approximate surface area is 133 Å². The van der Waals surface area contributed by atoms with Crippen LogP contribution in [0.1, 0.15) is 63.5 Å². The Morgan fingerprint density at radius 1 is 1.29 bits per heavy atom. The highest BCUT2D eigenvalue weighted by Crippen LogP contribution is 2.39. The summed E-state index contributed by atoms with van der Waals surface area (Å²) < 4.78 is 0. The van der Waals surface area contributed by atoms with E-state index in [1.54, 1.807) is 0 Å². The topological polar surface area (TPSA) is 20.3 Å². The van der Waals surface area contributed by atoms with Crippen molar-refractivity contribution in [2.45, 2.75) is 57.7 Å². The average Bonchev–Trinajstić information content (AvgIpc) is 2.93. The first-order valence-electron chi connectivity index (χ1n) is 7.95. The first kappa shape index (κ1) is 16.4. The van der Waals surface area contributed by atoms with E-state index < -0.39 is 0 Å². The van der Waals surface area contributed by atoms with Gasteiger partial charge in [-0.2, -0.15) is 0 Å². The quantitative estimate of drug-likeness (QED) is 0.800. The fourth-order valence-electron chi connectivity index (χ4n) is 2.62. The van der Waals surface area contributed by atoms with Crippen LogP contribution in [0.4, 0.5) is 0 Å². The molecule has 1 aromatic carbocycles. The van der Waals surface area contributed by atoms with Gasteiger partial charge in [0, 0.05) is 18.7 Å². The number of amides is 1. The van der Waals surface area contributed by atoms with Gasteiger partial charge < -0.3 is 4.90 Å². The van der Waals surface area contributed by atoms with Crippen molar-refractivity contribution in [3.8, 4) is 0 Å². The van der Waals surface area contributed by atoms with Gasteiger partial charge in [0.2, 0.25) is 5.91 Å². The van der Waals surface area contributed by atoms with E-state index >= 15 is 0 Å². The fraction of sp³-hybridized carbons (Fsp3) is 0.611. The molecule has 1 atom stereocenters. The van der Waals surface area contributed by atoms with Gasteiger partial charge in [-0.15, -0.1) is 11.8 Å². The first-order valence-corrected chi connectivity index (χ1v) is 9.00. The van der Waals surface area contributed by atoms with Crippen LogP contribution in [0.25, 0.3) is 0 Å². The molecular formula is C18H27NOS. The molecule has 1 heterocycles. The second-order valence-electron chi connectivity index (χ2n) is 6.79. The molecule has 2 rings (SSSR count). The highest BCUT2D eigenvalue weighted by Gasteiger charge is 2.30. The SMILES string of the molecule is CCCCC(=O)N1CCSC1c1ccc(C(C)(C)C)cc1. The number of rotatable bonds is 4. The molecule has 0 aromatic heterocycles. The lowest BCUT2D eigenvalue weighted by Gasteiger charge is -2.25. The summed E-state index contributed by atoms with van der Waals surface area (Å²) in [5.74, 6) is 1.36. The average molecular weight is 305 g/mol. The summed E-state index contributed by atoms with van der Waals surface area (Å²) >= 11 is 1.88. The zero-order valence-electron chi connectivity index (χ0n) is 13.7. The van der Waals surface area contributed by atoms with Gasteiger partial charge in [-0.05, 0) is 23.0 Å². The Balaban J connectivity index is 2.11. The lowest BCUT2D eigenvalue weighted by Crippen LogP contribution is -2.30. The first-order chi connectivity index (χ1) is 9.93. The van der Waals surface area contributed by atoms with Gasteiger partial charge in [0.25, 0.3) is 0 Å². The number of hydrogen-bond donors (Lipinski definition) is 0. The molecule has 1 aliphatic heterocycles. The van der Waals surface area contributed by atoms with E-state index in [2.05, 4.69) is 56.9 Å². The standard InChI is InChI=1S/C18H27NOS/c1-5-6-7-16(20)19-12-13-21-17(19)14-8-10-15(11-9-14)18(2,3)4/h8-11,17H,5-7,12-13H2,1-4H3. The Hall–Kier alpha value is -0.960. The van der Waals surface area contributed by atoms with Gasteiger partial charge in [-0.1, -0.05) is 58.4 Å². The van der Waals surface area contributed by atoms with Crippen LogP contribution in [0.3, 0.4) is 0 Å². The van der Waals surface area contributed by atoms with Crippen LogP contribution in [-0.4, -0.2) is 23.1 Å². The minimum absolute atomic E-state index is 0.179. The molecule has 1 aromatic rings. The maximum absolute atomic E-state index is 12.3. The normalized spacial score (nSPS) is 19.0. The smallest absolute Gasteiger partial charge is 0.223 e. The van der Waals surface area contributed by atoms with Crippen LogP contribution in [-0.2, 0) is 10.2 Å². The summed E-state index contributed by atoms with van der Waals surface area (Å²) in [5.41, 5.74) is 2.78. The third-order valence-electron chi connectivity index (χ3n) is 4.02. The van der Waals surface area contributed by atoms with Gasteiger partial charge in [-0.3, -0.25) is 4.79 Å². The number of hydrogen-bond acceptors (Lipinski definition) is 2. The number of benzene rings is 1. The van der Waals surface area contributed by atoms with Crippen molar-refractivity contribution in [3.05, 3.63) is 35.4 Å². The molecule has 116 valence electrons. The summed E-state index contributed by atoms with van der Waals surface area (Å²) in [7, 11) is 0. The van der Waals surface area contributed by atoms with E-state index in [1.165, 1.54) is 11.1 Å². The van der Waals surface area contributed by atoms with Gasteiger partial charge >= 0.3 is 0 Å². The molecule has 0 radical (unpaired) electrons. The molecule has 1 amide bonds. The largest absolute Gasteiger partial charge is 0.326 e. The van der Waals surface area contributed by atoms with Crippen molar-refractivity contribution < 1.29 is 4.79 Å². The zero-order chi connectivity index (χ0) is 15.5. The number of nitrogens with zero attached hydrogens (tertiary/aromatic N) is 1. The summed E-state index contributed by atoms with van der Waals surface area (Å²) in [5, 5.41) is 0.211. The number of carbonyl (C=O) groups excluding carboxylic acids is 1. The summed E-state index contributed by atoms with van der Waals surface area (Å²) in [6.45, 7) is 9.71. The summed E-state index contributed by atoms with van der Waals surface area (Å²) in [4.78, 5) is 14.4. The molecule has 21 heavy (non-hydrogen) atoms. The lowest BCUT2D eigenvalue weighted by atomic mass is 9.86. The molecule has 0 N–H and O–H groups in total. The molecule has 0 bridgehead atoms. The molecule has 1 aliphatic rings. The highest BCUT2D eigenvalue weighted by molar-refractivity contribution is 7.99. The molecule has 1 saturated heterocycles. The van der Waals surface area contributed by atoms with E-state index in [0.29, 0.717) is 12.3 Å². The number of carbonyl (C=O) groups is 1. The van der Waals surface area contributed by atoms with Crippen LogP contribution in [0, 0.1) is 0 Å². The maximum atomic E-state index is 12.3. The van der Waals surface area contributed by atoms with E-state index in [1.807, 2.05) is 11.8 Å². The predicted molar refractivity (Wildman–Crippen MR) is 91.6 cm³/mol. The van der Waals surface area contributed by atoms with Crippen molar-refractivity contribution in [1.82, 2.24) is 4.90 Å².